The molecule has 0 aromatic carbocycles. The lowest BCUT2D eigenvalue weighted by Crippen LogP contribution is -2.08. The zero-order valence-electron chi connectivity index (χ0n) is 5.95. The largest absolute Gasteiger partial charge is 0.384 e. The van der Waals surface area contributed by atoms with Crippen LogP contribution in [0.4, 0.5) is 5.82 Å². The quantitative estimate of drug-likeness (QED) is 0.650. The average Bonchev–Trinajstić information content (AvgIpc) is 2.31. The van der Waals surface area contributed by atoms with Gasteiger partial charge in [-0.2, -0.15) is 5.10 Å². The summed E-state index contributed by atoms with van der Waals surface area (Å²) in [5.74, 6) is 0.678. The van der Waals surface area contributed by atoms with E-state index in [1.807, 2.05) is 0 Å². The van der Waals surface area contributed by atoms with Crippen molar-refractivity contribution in [2.45, 2.75) is 6.54 Å². The van der Waals surface area contributed by atoms with Gasteiger partial charge in [0.1, 0.15) is 5.82 Å². The molecule has 56 valence electrons. The summed E-state index contributed by atoms with van der Waals surface area (Å²) in [5, 5.41) is 3.96. The highest BCUT2D eigenvalue weighted by Crippen LogP contribution is 1.97. The first kappa shape index (κ1) is 7.08. The van der Waals surface area contributed by atoms with Crippen LogP contribution in [-0.2, 0) is 11.3 Å². The number of nitrogen functional groups attached to an aromatic ring is 1. The summed E-state index contributed by atoms with van der Waals surface area (Å²) in [7, 11) is 1.65. The second-order valence-electron chi connectivity index (χ2n) is 1.97. The van der Waals surface area contributed by atoms with Crippen molar-refractivity contribution in [3.05, 3.63) is 12.3 Å². The average molecular weight is 141 g/mol. The van der Waals surface area contributed by atoms with Crippen LogP contribution in [0, 0.1) is 0 Å². The Morgan fingerprint density at radius 1 is 1.80 bits per heavy atom. The van der Waals surface area contributed by atoms with Crippen LogP contribution in [0.5, 0.6) is 0 Å². The molecule has 1 aromatic rings. The van der Waals surface area contributed by atoms with Crippen LogP contribution in [0.15, 0.2) is 12.3 Å². The molecule has 0 aliphatic heterocycles. The maximum absolute atomic E-state index is 5.53. The second kappa shape index (κ2) is 3.22. The first-order valence-corrected chi connectivity index (χ1v) is 3.11. The Balaban J connectivity index is 2.49. The second-order valence-corrected chi connectivity index (χ2v) is 1.97. The van der Waals surface area contributed by atoms with Gasteiger partial charge in [0.15, 0.2) is 0 Å². The molecule has 0 saturated heterocycles. The van der Waals surface area contributed by atoms with E-state index >= 15 is 0 Å². The minimum atomic E-state index is 0.645. The highest BCUT2D eigenvalue weighted by molar-refractivity contribution is 5.25. The summed E-state index contributed by atoms with van der Waals surface area (Å²) in [5.41, 5.74) is 5.53. The number of rotatable bonds is 3. The molecule has 0 fully saturated rings. The molecular weight excluding hydrogens is 130 g/mol. The van der Waals surface area contributed by atoms with Crippen molar-refractivity contribution in [1.29, 1.82) is 0 Å². The fourth-order valence-corrected chi connectivity index (χ4v) is 0.707. The molecule has 0 amide bonds. The summed E-state index contributed by atoms with van der Waals surface area (Å²) < 4.78 is 6.55. The molecule has 0 atom stereocenters. The summed E-state index contributed by atoms with van der Waals surface area (Å²) in [6.45, 7) is 1.36. The number of methoxy groups -OCH3 is 1. The molecule has 0 spiro atoms. The van der Waals surface area contributed by atoms with E-state index in [9.17, 15) is 0 Å². The molecule has 0 bridgehead atoms. The first-order chi connectivity index (χ1) is 4.84. The lowest BCUT2D eigenvalue weighted by Gasteiger charge is -2.00. The van der Waals surface area contributed by atoms with Crippen LogP contribution in [0.3, 0.4) is 0 Å². The molecule has 10 heavy (non-hydrogen) atoms. The fourth-order valence-electron chi connectivity index (χ4n) is 0.707. The SMILES string of the molecule is COCCn1nccc1N. The van der Waals surface area contributed by atoms with Crippen molar-refractivity contribution in [3.8, 4) is 0 Å². The zero-order chi connectivity index (χ0) is 7.40. The highest BCUT2D eigenvalue weighted by atomic mass is 16.5. The topological polar surface area (TPSA) is 53.1 Å². The monoisotopic (exact) mass is 141 g/mol. The Kier molecular flexibility index (Phi) is 2.28. The van der Waals surface area contributed by atoms with E-state index in [2.05, 4.69) is 5.10 Å². The van der Waals surface area contributed by atoms with Gasteiger partial charge in [0.2, 0.25) is 0 Å². The third-order valence-electron chi connectivity index (χ3n) is 1.26. The van der Waals surface area contributed by atoms with Crippen molar-refractivity contribution >= 4 is 5.82 Å². The lowest BCUT2D eigenvalue weighted by molar-refractivity contribution is 0.184. The van der Waals surface area contributed by atoms with Crippen molar-refractivity contribution < 1.29 is 4.74 Å². The number of aromatic nitrogens is 2. The number of hydrogen-bond acceptors (Lipinski definition) is 3. The number of anilines is 1. The fraction of sp³-hybridized carbons (Fsp3) is 0.500. The van der Waals surface area contributed by atoms with Gasteiger partial charge in [0, 0.05) is 7.11 Å². The maximum atomic E-state index is 5.53. The summed E-state index contributed by atoms with van der Waals surface area (Å²) >= 11 is 0. The van der Waals surface area contributed by atoms with E-state index in [4.69, 9.17) is 10.5 Å². The molecular formula is C6H11N3O. The van der Waals surface area contributed by atoms with Crippen molar-refractivity contribution in [2.24, 2.45) is 0 Å². The molecule has 1 aromatic heterocycles. The molecule has 0 radical (unpaired) electrons. The molecule has 2 N–H and O–H groups in total. The molecule has 1 heterocycles. The summed E-state index contributed by atoms with van der Waals surface area (Å²) in [6, 6.07) is 1.76. The molecule has 0 saturated carbocycles. The lowest BCUT2D eigenvalue weighted by atomic mass is 10.6. The molecule has 4 nitrogen and oxygen atoms in total. The molecule has 4 heteroatoms. The van der Waals surface area contributed by atoms with Crippen LogP contribution < -0.4 is 5.73 Å². The number of ether oxygens (including phenoxy) is 1. The van der Waals surface area contributed by atoms with Crippen molar-refractivity contribution in [1.82, 2.24) is 9.78 Å². The minimum Gasteiger partial charge on any atom is -0.384 e. The Morgan fingerprint density at radius 2 is 2.60 bits per heavy atom. The van der Waals surface area contributed by atoms with E-state index in [1.165, 1.54) is 0 Å². The number of nitrogens with two attached hydrogens (primary N) is 1. The third-order valence-corrected chi connectivity index (χ3v) is 1.26. The van der Waals surface area contributed by atoms with Crippen LogP contribution in [0.25, 0.3) is 0 Å². The van der Waals surface area contributed by atoms with Gasteiger partial charge in [-0.3, -0.25) is 0 Å². The van der Waals surface area contributed by atoms with Gasteiger partial charge in [-0.25, -0.2) is 4.68 Å². The summed E-state index contributed by atoms with van der Waals surface area (Å²) in [6.07, 6.45) is 1.67. The van der Waals surface area contributed by atoms with E-state index in [0.717, 1.165) is 6.54 Å². The van der Waals surface area contributed by atoms with Gasteiger partial charge in [0.05, 0.1) is 19.3 Å². The smallest absolute Gasteiger partial charge is 0.121 e. The van der Waals surface area contributed by atoms with Crippen molar-refractivity contribution in [3.63, 3.8) is 0 Å². The predicted molar refractivity (Wildman–Crippen MR) is 38.5 cm³/mol. The van der Waals surface area contributed by atoms with Gasteiger partial charge in [-0.1, -0.05) is 0 Å². The van der Waals surface area contributed by atoms with Gasteiger partial charge >= 0.3 is 0 Å². The highest BCUT2D eigenvalue weighted by Gasteiger charge is 1.94. The predicted octanol–water partition coefficient (Wildman–Crippen LogP) is 0.112. The Hall–Kier alpha value is -1.03. The van der Waals surface area contributed by atoms with Crippen LogP contribution >= 0.6 is 0 Å². The standard InChI is InChI=1S/C6H11N3O/c1-10-5-4-9-6(7)2-3-8-9/h2-3H,4-5,7H2,1H3. The van der Waals surface area contributed by atoms with E-state index in [1.54, 1.807) is 24.1 Å². The van der Waals surface area contributed by atoms with E-state index in [0.29, 0.717) is 12.4 Å². The number of nitrogens with zero attached hydrogens (tertiary/aromatic N) is 2. The molecule has 1 rings (SSSR count). The Bertz CT molecular complexity index is 197. The Morgan fingerprint density at radius 3 is 3.10 bits per heavy atom. The van der Waals surface area contributed by atoms with Crippen molar-refractivity contribution in [2.75, 3.05) is 19.5 Å². The van der Waals surface area contributed by atoms with Gasteiger partial charge in [0.25, 0.3) is 0 Å². The summed E-state index contributed by atoms with van der Waals surface area (Å²) in [4.78, 5) is 0. The normalized spacial score (nSPS) is 10.1. The zero-order valence-corrected chi connectivity index (χ0v) is 5.95. The van der Waals surface area contributed by atoms with E-state index in [-0.39, 0.29) is 0 Å². The molecule has 0 aliphatic carbocycles. The van der Waals surface area contributed by atoms with E-state index < -0.39 is 0 Å². The molecule has 0 aliphatic rings. The van der Waals surface area contributed by atoms with Crippen LogP contribution in [0.2, 0.25) is 0 Å². The van der Waals surface area contributed by atoms with Gasteiger partial charge in [-0.05, 0) is 6.07 Å². The van der Waals surface area contributed by atoms with Gasteiger partial charge < -0.3 is 10.5 Å². The van der Waals surface area contributed by atoms with Gasteiger partial charge in [-0.15, -0.1) is 0 Å². The Labute approximate surface area is 59.6 Å². The maximum Gasteiger partial charge on any atom is 0.121 e. The first-order valence-electron chi connectivity index (χ1n) is 3.11. The number of hydrogen-bond donors (Lipinski definition) is 1. The minimum absolute atomic E-state index is 0.645. The molecule has 0 unspecified atom stereocenters. The van der Waals surface area contributed by atoms with Crippen LogP contribution in [-0.4, -0.2) is 23.5 Å². The van der Waals surface area contributed by atoms with Crippen LogP contribution in [0.1, 0.15) is 0 Å². The third kappa shape index (κ3) is 1.48.